The molecule has 0 aliphatic carbocycles. The van der Waals surface area contributed by atoms with Crippen molar-refractivity contribution in [2.24, 2.45) is 0 Å². The van der Waals surface area contributed by atoms with Crippen molar-refractivity contribution in [3.63, 3.8) is 0 Å². The number of hydrogen-bond acceptors (Lipinski definition) is 6. The third-order valence-electron chi connectivity index (χ3n) is 7.38. The quantitative estimate of drug-likeness (QED) is 0.162. The summed E-state index contributed by atoms with van der Waals surface area (Å²) in [7, 11) is 1.39. The molecule has 0 radical (unpaired) electrons. The number of methoxy groups -OCH3 is 1. The minimum Gasteiger partial charge on any atom is -0.473 e. The van der Waals surface area contributed by atoms with Crippen molar-refractivity contribution in [3.8, 4) is 17.1 Å². The van der Waals surface area contributed by atoms with E-state index in [9.17, 15) is 4.79 Å². The Labute approximate surface area is 254 Å². The van der Waals surface area contributed by atoms with E-state index in [2.05, 4.69) is 33.8 Å². The Balaban J connectivity index is 1.21. The highest BCUT2D eigenvalue weighted by atomic mass is 35.5. The van der Waals surface area contributed by atoms with Crippen molar-refractivity contribution >= 4 is 40.2 Å². The second kappa shape index (κ2) is 12.5. The number of fused-ring (bicyclic) bond motifs is 1. The number of carbonyl (C=O) groups is 1. The number of nitrogens with zero attached hydrogens (tertiary/aromatic N) is 3. The van der Waals surface area contributed by atoms with Crippen LogP contribution in [0, 0.1) is 0 Å². The zero-order valence-electron chi connectivity index (χ0n) is 23.1. The van der Waals surface area contributed by atoms with Crippen LogP contribution >= 0.6 is 23.2 Å². The zero-order chi connectivity index (χ0) is 29.1. The van der Waals surface area contributed by atoms with Crippen LogP contribution in [-0.2, 0) is 29.0 Å². The lowest BCUT2D eigenvalue weighted by Crippen LogP contribution is -2.17. The first-order valence-electron chi connectivity index (χ1n) is 13.8. The van der Waals surface area contributed by atoms with Crippen LogP contribution in [0.15, 0.2) is 78.9 Å². The molecule has 6 rings (SSSR count). The van der Waals surface area contributed by atoms with Gasteiger partial charge in [0.15, 0.2) is 0 Å². The van der Waals surface area contributed by atoms with Crippen molar-refractivity contribution < 1.29 is 19.0 Å². The van der Waals surface area contributed by atoms with E-state index in [0.717, 1.165) is 58.7 Å². The molecule has 3 heterocycles. The molecule has 3 aromatic carbocycles. The predicted octanol–water partition coefficient (Wildman–Crippen LogP) is 7.54. The van der Waals surface area contributed by atoms with Gasteiger partial charge in [0, 0.05) is 40.3 Å². The topological polar surface area (TPSA) is 75.5 Å². The van der Waals surface area contributed by atoms with Crippen molar-refractivity contribution in [1.29, 1.82) is 0 Å². The van der Waals surface area contributed by atoms with Crippen LogP contribution in [0.3, 0.4) is 0 Å². The standard InChI is InChI=1S/C33H29Cl2N3O4/c1-40-33(39)23-12-14-29-30(17-23)38(19-26-4-3-15-41-26)31(36-29)16-21-7-9-22(10-8-21)28-5-2-6-32(37-28)42-20-24-11-13-25(34)18-27(24)35/h2,5-14,17-18,26H,3-4,15-16,19-20H2,1H3/t26-/m1/s1. The van der Waals surface area contributed by atoms with Crippen LogP contribution in [0.1, 0.15) is 40.2 Å². The maximum Gasteiger partial charge on any atom is 0.337 e. The summed E-state index contributed by atoms with van der Waals surface area (Å²) in [6.45, 7) is 1.75. The summed E-state index contributed by atoms with van der Waals surface area (Å²) in [5.74, 6) is 1.07. The Hall–Kier alpha value is -3.91. The molecule has 214 valence electrons. The second-order valence-corrected chi connectivity index (χ2v) is 11.1. The van der Waals surface area contributed by atoms with Crippen molar-refractivity contribution in [3.05, 3.63) is 111 Å². The smallest absolute Gasteiger partial charge is 0.337 e. The molecule has 0 N–H and O–H groups in total. The van der Waals surface area contributed by atoms with E-state index in [0.29, 0.717) is 41.1 Å². The van der Waals surface area contributed by atoms with Gasteiger partial charge in [-0.25, -0.2) is 14.8 Å². The Morgan fingerprint density at radius 1 is 1.02 bits per heavy atom. The van der Waals surface area contributed by atoms with E-state index in [4.69, 9.17) is 42.4 Å². The summed E-state index contributed by atoms with van der Waals surface area (Å²) >= 11 is 12.3. The van der Waals surface area contributed by atoms with Gasteiger partial charge in [0.2, 0.25) is 5.88 Å². The molecule has 1 fully saturated rings. The first kappa shape index (κ1) is 28.2. The Morgan fingerprint density at radius 2 is 1.88 bits per heavy atom. The fourth-order valence-corrected chi connectivity index (χ4v) is 5.63. The summed E-state index contributed by atoms with van der Waals surface area (Å²) < 4.78 is 19.0. The van der Waals surface area contributed by atoms with Crippen LogP contribution in [0.2, 0.25) is 10.0 Å². The number of pyridine rings is 1. The summed E-state index contributed by atoms with van der Waals surface area (Å²) in [6, 6.07) is 24.8. The van der Waals surface area contributed by atoms with Gasteiger partial charge in [0.1, 0.15) is 12.4 Å². The molecular weight excluding hydrogens is 573 g/mol. The maximum atomic E-state index is 12.2. The van der Waals surface area contributed by atoms with E-state index in [-0.39, 0.29) is 12.1 Å². The Bertz CT molecular complexity index is 1730. The average molecular weight is 603 g/mol. The molecule has 5 aromatic rings. The minimum absolute atomic E-state index is 0.126. The molecule has 1 aliphatic rings. The molecule has 1 aliphatic heterocycles. The van der Waals surface area contributed by atoms with E-state index in [1.165, 1.54) is 7.11 Å². The van der Waals surface area contributed by atoms with Crippen LogP contribution in [0.25, 0.3) is 22.3 Å². The van der Waals surface area contributed by atoms with Gasteiger partial charge < -0.3 is 18.8 Å². The number of benzene rings is 3. The number of imidazole rings is 1. The molecular formula is C33H29Cl2N3O4. The number of aromatic nitrogens is 3. The summed E-state index contributed by atoms with van der Waals surface area (Å²) in [4.78, 5) is 21.8. The molecule has 0 unspecified atom stereocenters. The van der Waals surface area contributed by atoms with Gasteiger partial charge in [-0.2, -0.15) is 0 Å². The SMILES string of the molecule is COC(=O)c1ccc2nc(Cc3ccc(-c4cccc(OCc5ccc(Cl)cc5Cl)n4)cc3)n(C[C@H]3CCCO3)c2c1. The van der Waals surface area contributed by atoms with Gasteiger partial charge in [0.05, 0.1) is 42.0 Å². The number of rotatable bonds is 9. The molecule has 42 heavy (non-hydrogen) atoms. The van der Waals surface area contributed by atoms with Crippen molar-refractivity contribution in [2.75, 3.05) is 13.7 Å². The third-order valence-corrected chi connectivity index (χ3v) is 7.97. The van der Waals surface area contributed by atoms with E-state index in [1.54, 1.807) is 18.2 Å². The van der Waals surface area contributed by atoms with Crippen LogP contribution in [-0.4, -0.2) is 40.3 Å². The lowest BCUT2D eigenvalue weighted by atomic mass is 10.1. The summed E-state index contributed by atoms with van der Waals surface area (Å²) in [5.41, 5.74) is 5.98. The summed E-state index contributed by atoms with van der Waals surface area (Å²) in [5, 5.41) is 1.14. The van der Waals surface area contributed by atoms with Gasteiger partial charge in [0.25, 0.3) is 0 Å². The highest BCUT2D eigenvalue weighted by molar-refractivity contribution is 6.35. The maximum absolute atomic E-state index is 12.2. The van der Waals surface area contributed by atoms with E-state index < -0.39 is 0 Å². The molecule has 2 aromatic heterocycles. The van der Waals surface area contributed by atoms with Crippen molar-refractivity contribution in [2.45, 2.75) is 38.5 Å². The first-order chi connectivity index (χ1) is 20.5. The zero-order valence-corrected chi connectivity index (χ0v) is 24.6. The van der Waals surface area contributed by atoms with Crippen LogP contribution < -0.4 is 4.74 Å². The fourth-order valence-electron chi connectivity index (χ4n) is 5.17. The number of esters is 1. The summed E-state index contributed by atoms with van der Waals surface area (Å²) in [6.07, 6.45) is 2.82. The second-order valence-electron chi connectivity index (χ2n) is 10.2. The molecule has 0 spiro atoms. The number of halogens is 2. The third kappa shape index (κ3) is 6.28. The predicted molar refractivity (Wildman–Crippen MR) is 163 cm³/mol. The van der Waals surface area contributed by atoms with Gasteiger partial charge >= 0.3 is 5.97 Å². The van der Waals surface area contributed by atoms with Gasteiger partial charge in [-0.1, -0.05) is 59.6 Å². The lowest BCUT2D eigenvalue weighted by molar-refractivity contribution is 0.0601. The molecule has 0 amide bonds. The highest BCUT2D eigenvalue weighted by Gasteiger charge is 2.21. The molecule has 9 heteroatoms. The Morgan fingerprint density at radius 3 is 2.64 bits per heavy atom. The molecule has 1 atom stereocenters. The fraction of sp³-hybridized carbons (Fsp3) is 0.242. The molecule has 7 nitrogen and oxygen atoms in total. The highest BCUT2D eigenvalue weighted by Crippen LogP contribution is 2.27. The van der Waals surface area contributed by atoms with Crippen molar-refractivity contribution in [1.82, 2.24) is 14.5 Å². The number of hydrogen-bond donors (Lipinski definition) is 0. The number of ether oxygens (including phenoxy) is 3. The average Bonchev–Trinajstić information content (AvgIpc) is 3.64. The van der Waals surface area contributed by atoms with Crippen LogP contribution in [0.4, 0.5) is 0 Å². The number of carbonyl (C=O) groups excluding carboxylic acids is 1. The largest absolute Gasteiger partial charge is 0.473 e. The van der Waals surface area contributed by atoms with Gasteiger partial charge in [-0.15, -0.1) is 0 Å². The van der Waals surface area contributed by atoms with Crippen LogP contribution in [0.5, 0.6) is 5.88 Å². The monoisotopic (exact) mass is 601 g/mol. The first-order valence-corrected chi connectivity index (χ1v) is 14.5. The van der Waals surface area contributed by atoms with Gasteiger partial charge in [-0.3, -0.25) is 0 Å². The Kier molecular flexibility index (Phi) is 8.42. The lowest BCUT2D eigenvalue weighted by Gasteiger charge is -2.15. The molecule has 0 saturated carbocycles. The molecule has 0 bridgehead atoms. The molecule has 1 saturated heterocycles. The van der Waals surface area contributed by atoms with E-state index >= 15 is 0 Å². The normalized spacial score (nSPS) is 14.8. The van der Waals surface area contributed by atoms with Gasteiger partial charge in [-0.05, 0) is 54.8 Å². The van der Waals surface area contributed by atoms with E-state index in [1.807, 2.05) is 36.4 Å². The minimum atomic E-state index is -0.365.